The second kappa shape index (κ2) is 36.3. The van der Waals surface area contributed by atoms with Gasteiger partial charge in [0.1, 0.15) is 38.2 Å². The fourth-order valence-electron chi connectivity index (χ4n) is 11.2. The van der Waals surface area contributed by atoms with E-state index in [4.69, 9.17) is 45.0 Å². The Kier molecular flexibility index (Phi) is 29.1. The van der Waals surface area contributed by atoms with Gasteiger partial charge in [-0.15, -0.1) is 6.42 Å². The van der Waals surface area contributed by atoms with Gasteiger partial charge < -0.3 is 64.2 Å². The Balaban J connectivity index is 0.000000548. The van der Waals surface area contributed by atoms with Crippen LogP contribution in [0.15, 0.2) is 82.9 Å². The van der Waals surface area contributed by atoms with Crippen LogP contribution in [-0.4, -0.2) is 137 Å². The van der Waals surface area contributed by atoms with Gasteiger partial charge in [-0.05, 0) is 155 Å². The molecule has 5 heterocycles. The fourth-order valence-corrected chi connectivity index (χ4v) is 12.3. The first-order chi connectivity index (χ1) is 45.5. The summed E-state index contributed by atoms with van der Waals surface area (Å²) in [6, 6.07) is 13.2. The summed E-state index contributed by atoms with van der Waals surface area (Å²) < 4.78 is 35.7. The predicted octanol–water partition coefficient (Wildman–Crippen LogP) is 8.96. The van der Waals surface area contributed by atoms with Crippen LogP contribution in [0.2, 0.25) is 18.1 Å². The van der Waals surface area contributed by atoms with E-state index in [1.54, 1.807) is 58.9 Å². The van der Waals surface area contributed by atoms with Crippen molar-refractivity contribution in [2.75, 3.05) is 71.5 Å². The van der Waals surface area contributed by atoms with Gasteiger partial charge in [0.15, 0.2) is 0 Å². The van der Waals surface area contributed by atoms with Crippen LogP contribution < -0.4 is 36.6 Å². The summed E-state index contributed by atoms with van der Waals surface area (Å²) in [5.41, 5.74) is 11.8. The van der Waals surface area contributed by atoms with Gasteiger partial charge in [0.2, 0.25) is 37.5 Å². The third kappa shape index (κ3) is 20.3. The number of unbranched alkanes of at least 4 members (excludes halogenated alkanes) is 1. The number of carbonyl (C=O) groups is 7. The summed E-state index contributed by atoms with van der Waals surface area (Å²) in [7, 11) is -0.315. The molecule has 1 fully saturated rings. The van der Waals surface area contributed by atoms with E-state index in [1.807, 2.05) is 25.2 Å². The quantitative estimate of drug-likeness (QED) is 0.00567. The number of aromatic nitrogens is 2. The number of cyclic esters (lactones) is 1. The topological polar surface area (TPSA) is 322 Å². The van der Waals surface area contributed by atoms with Crippen molar-refractivity contribution in [2.24, 2.45) is 17.0 Å². The molecule has 516 valence electrons. The molecule has 4 aliphatic rings. The summed E-state index contributed by atoms with van der Waals surface area (Å²) >= 11 is 6.50. The normalized spacial score (nSPS) is 17.2. The van der Waals surface area contributed by atoms with Crippen LogP contribution in [0.1, 0.15) is 114 Å². The molecule has 3 aliphatic heterocycles. The van der Waals surface area contributed by atoms with E-state index in [1.165, 1.54) is 0 Å². The summed E-state index contributed by atoms with van der Waals surface area (Å²) in [5.74, 6) is 1.43. The number of ether oxygens (including phenoxy) is 5. The molecule has 1 saturated carbocycles. The number of hydrogen-bond acceptors (Lipinski definition) is 17. The molecule has 0 radical (unpaired) electrons. The maximum atomic E-state index is 14.3. The molecular weight excluding hydrogens is 1350 g/mol. The number of allylic oxidation sites excluding steroid dienone is 1. The molecular formula is C67H87BrCuN11O14Si. The number of carbonyl (C=O) groups excluding carboxylic acids is 7. The molecule has 2 aromatic heterocycles. The van der Waals surface area contributed by atoms with Crippen molar-refractivity contribution >= 4 is 80.7 Å². The van der Waals surface area contributed by atoms with Crippen molar-refractivity contribution in [1.29, 1.82) is 0 Å². The van der Waals surface area contributed by atoms with Crippen molar-refractivity contribution in [3.05, 3.63) is 122 Å². The van der Waals surface area contributed by atoms with Gasteiger partial charge in [-0.25, -0.2) is 14.6 Å². The van der Waals surface area contributed by atoms with Crippen LogP contribution >= 0.6 is 14.1 Å². The zero-order valence-electron chi connectivity index (χ0n) is 55.2. The fraction of sp³-hybridized carbons (Fsp3) is 0.507. The van der Waals surface area contributed by atoms with Crippen LogP contribution in [0, 0.1) is 24.2 Å². The van der Waals surface area contributed by atoms with E-state index in [0.717, 1.165) is 72.1 Å². The number of nitrogens with zero attached hydrogens (tertiary/aromatic N) is 6. The second-order valence-corrected chi connectivity index (χ2v) is 29.5. The molecule has 0 bridgehead atoms. The zero-order chi connectivity index (χ0) is 69.5. The van der Waals surface area contributed by atoms with E-state index < -0.39 is 56.4 Å². The summed E-state index contributed by atoms with van der Waals surface area (Å²) in [4.78, 5) is 113. The van der Waals surface area contributed by atoms with Gasteiger partial charge >= 0.3 is 40.4 Å². The van der Waals surface area contributed by atoms with E-state index in [-0.39, 0.29) is 98.5 Å². The first-order valence-electron chi connectivity index (χ1n) is 31.7. The molecule has 4 aromatic rings. The Hall–Kier alpha value is -7.86. The maximum absolute atomic E-state index is 14.3. The van der Waals surface area contributed by atoms with Crippen LogP contribution in [0.5, 0.6) is 5.75 Å². The number of esters is 1. The predicted molar refractivity (Wildman–Crippen MR) is 360 cm³/mol. The number of rotatable bonds is 29. The van der Waals surface area contributed by atoms with Gasteiger partial charge in [0.05, 0.1) is 48.8 Å². The van der Waals surface area contributed by atoms with Gasteiger partial charge in [-0.3, -0.25) is 28.8 Å². The molecule has 5 amide bonds. The number of anilines is 1. The molecule has 0 spiro atoms. The third-order valence-electron chi connectivity index (χ3n) is 17.4. The standard InChI is InChI=1S/C51H67N9O12Si.C16H20N2O2.BrH.Cu/c1-9-35-36-25-34(72-73(7,8)50(3,4)5)18-19-40(36)58-45-37(35)27-60-42(45)26-39-38(47(60)64)29-69-48(65)51(39,10-2)71-49(66)70-28-32-14-16-33(17-15-32)56-46(63)41(13-11-12-20-53-6)57-44(62)31-68-30-43(61)54-21-23-67-24-22-55-59-52;1-3-10-17-16(20)14-7-5-13(6-8-14)11-18-12(2)4-9-15(18)19;;/h14-19,25-26,41,53H,9-13,20-24,27-31H2,1-8H3,(H,54,61)(H,56,63)(H,57,62);1,4,9,13-14H,2,5-8,10-11H2,(H,17,20);1H;/q;;;+1/p-1. The summed E-state index contributed by atoms with van der Waals surface area (Å²) in [6.45, 7) is 20.0. The van der Waals surface area contributed by atoms with Crippen LogP contribution in [0.4, 0.5) is 10.5 Å². The SMILES string of the molecule is C#CCNC(=O)C1CCC(CN2C(=C)C=CC2=O)CC1.CCc1c2c(nc3ccc(O[Si](C)(C)C(C)(C)C)cc13)-c1cc3c(c(=O)n1C2)COC(=O)C3(CC)OC(=O)OCc1ccc(NC(=O)C(CCCCNC)NC(=O)COCC(=O)NCCOCCN=[N+]=[N-])cc1.[Cu][Br]. The first-order valence-corrected chi connectivity index (χ1v) is 36.9. The number of hydrogen-bond donors (Lipinski definition) is 5. The minimum absolute atomic E-state index is 0.00372. The monoisotopic (exact) mass is 1440 g/mol. The van der Waals surface area contributed by atoms with Gasteiger partial charge in [0.25, 0.3) is 11.5 Å². The van der Waals surface area contributed by atoms with Crippen molar-refractivity contribution < 1.29 is 75.9 Å². The van der Waals surface area contributed by atoms with Gasteiger partial charge in [-0.1, -0.05) is 64.4 Å². The molecule has 2 unspecified atom stereocenters. The van der Waals surface area contributed by atoms with Crippen LogP contribution in [-0.2, 0) is 98.4 Å². The average Bonchev–Trinajstić information content (AvgIpc) is 1.63. The van der Waals surface area contributed by atoms with Crippen molar-refractivity contribution in [3.63, 3.8) is 0 Å². The molecule has 8 rings (SSSR count). The number of terminal acetylenes is 1. The Morgan fingerprint density at radius 1 is 0.958 bits per heavy atom. The Bertz CT molecular complexity index is 3600. The van der Waals surface area contributed by atoms with Crippen molar-refractivity contribution in [2.45, 2.75) is 142 Å². The number of halogens is 1. The number of benzene rings is 2. The first kappa shape index (κ1) is 76.2. The number of azide groups is 1. The Morgan fingerprint density at radius 2 is 1.68 bits per heavy atom. The van der Waals surface area contributed by atoms with Crippen molar-refractivity contribution in [1.82, 2.24) is 35.7 Å². The second-order valence-electron chi connectivity index (χ2n) is 24.8. The Labute approximate surface area is 570 Å². The molecule has 2 aromatic carbocycles. The van der Waals surface area contributed by atoms with E-state index >= 15 is 0 Å². The summed E-state index contributed by atoms with van der Waals surface area (Å²) in [5, 5.41) is 18.2. The minimum atomic E-state index is -2.13. The zero-order valence-corrected chi connectivity index (χ0v) is 58.7. The molecule has 0 saturated heterocycles. The molecule has 95 heavy (non-hydrogen) atoms. The van der Waals surface area contributed by atoms with Gasteiger partial charge in [-0.2, -0.15) is 0 Å². The number of pyridine rings is 2. The average molecular weight is 1440 g/mol. The van der Waals surface area contributed by atoms with Crippen LogP contribution in [0.25, 0.3) is 32.7 Å². The Morgan fingerprint density at radius 3 is 2.34 bits per heavy atom. The van der Waals surface area contributed by atoms with Crippen LogP contribution in [0.3, 0.4) is 0 Å². The molecule has 28 heteroatoms. The molecule has 1 aliphatic carbocycles. The third-order valence-corrected chi connectivity index (χ3v) is 21.8. The van der Waals surface area contributed by atoms with Crippen molar-refractivity contribution in [3.8, 4) is 29.5 Å². The van der Waals surface area contributed by atoms with E-state index in [0.29, 0.717) is 60.9 Å². The number of amides is 5. The number of nitrogens with one attached hydrogen (secondary N) is 5. The van der Waals surface area contributed by atoms with Gasteiger partial charge in [0, 0.05) is 64.4 Å². The van der Waals surface area contributed by atoms with E-state index in [2.05, 4.69) is 118 Å². The summed E-state index contributed by atoms with van der Waals surface area (Å²) in [6.07, 6.45) is 13.3. The van der Waals surface area contributed by atoms with E-state index in [9.17, 15) is 38.4 Å². The molecule has 2 atom stereocenters. The number of aryl methyl sites for hydroxylation is 1. The molecule has 25 nitrogen and oxygen atoms in total. The number of fused-ring (bicyclic) bond motifs is 5. The molecule has 5 N–H and O–H groups in total.